The molecule has 0 unspecified atom stereocenters. The summed E-state index contributed by atoms with van der Waals surface area (Å²) in [6.07, 6.45) is 1.90. The maximum atomic E-state index is 3.53. The first-order chi connectivity index (χ1) is 2.41. The van der Waals surface area contributed by atoms with E-state index in [0.29, 0.717) is 0 Å². The summed E-state index contributed by atoms with van der Waals surface area (Å²) in [4.78, 5) is 0. The normalized spacial score (nSPS) is 6.83. The molecule has 0 spiro atoms. The molecule has 0 nitrogen and oxygen atoms in total. The van der Waals surface area contributed by atoms with Gasteiger partial charge in [-0.2, -0.15) is 0 Å². The fourth-order valence-electron chi connectivity index (χ4n) is 0.0913. The molecular formula is C4H9ClNi. The first kappa shape index (κ1) is 9.73. The van der Waals surface area contributed by atoms with Gasteiger partial charge in [0.15, 0.2) is 0 Å². The van der Waals surface area contributed by atoms with Gasteiger partial charge >= 0.3 is 38.4 Å². The molecule has 0 radical (unpaired) electrons. The second kappa shape index (κ2) is 9.10. The number of rotatable bonds is 2. The first-order valence-electron chi connectivity index (χ1n) is 1.36. The second-order valence-corrected chi connectivity index (χ2v) is 1.74. The monoisotopic (exact) mass is 150 g/mol. The van der Waals surface area contributed by atoms with E-state index in [0.717, 1.165) is 5.39 Å². The third-order valence-electron chi connectivity index (χ3n) is 0.220. The molecule has 0 aliphatic rings. The number of halogens is 1. The molecule has 0 atom stereocenters. The summed E-state index contributed by atoms with van der Waals surface area (Å²) in [5, 5.41) is 1.09. The zero-order valence-corrected chi connectivity index (χ0v) is 5.52. The van der Waals surface area contributed by atoms with Crippen LogP contribution in [-0.4, -0.2) is 0 Å². The summed E-state index contributed by atoms with van der Waals surface area (Å²) in [7, 11) is 0. The van der Waals surface area contributed by atoms with Crippen molar-refractivity contribution >= 4 is 12.4 Å². The summed E-state index contributed by atoms with van der Waals surface area (Å²) in [6.45, 7) is 3.53. The van der Waals surface area contributed by atoms with E-state index in [1.54, 1.807) is 14.4 Å². The molecule has 42 valence electrons. The van der Waals surface area contributed by atoms with Crippen LogP contribution in [0.15, 0.2) is 12.7 Å². The molecule has 0 aromatic rings. The van der Waals surface area contributed by atoms with Crippen molar-refractivity contribution in [2.45, 2.75) is 11.3 Å². The third kappa shape index (κ3) is 8.82. The van der Waals surface area contributed by atoms with E-state index in [-0.39, 0.29) is 12.4 Å². The standard InChI is InChI=1S/C3H5.CH3.ClH.Ni/c1-3-2;;;/h3H,1-2H2;1H3;1H;. The van der Waals surface area contributed by atoms with Gasteiger partial charge in [-0.15, -0.1) is 12.4 Å². The Morgan fingerprint density at radius 2 is 2.33 bits per heavy atom. The van der Waals surface area contributed by atoms with Crippen LogP contribution in [0.4, 0.5) is 0 Å². The molecule has 2 heteroatoms. The number of hydrogen-bond donors (Lipinski definition) is 0. The van der Waals surface area contributed by atoms with Crippen molar-refractivity contribution < 1.29 is 14.4 Å². The van der Waals surface area contributed by atoms with E-state index in [9.17, 15) is 0 Å². The molecule has 0 amide bonds. The molecule has 6 heavy (non-hydrogen) atoms. The van der Waals surface area contributed by atoms with Crippen molar-refractivity contribution in [3.05, 3.63) is 12.7 Å². The topological polar surface area (TPSA) is 0 Å². The van der Waals surface area contributed by atoms with Crippen LogP contribution in [0.1, 0.15) is 0 Å². The van der Waals surface area contributed by atoms with Crippen molar-refractivity contribution in [2.75, 3.05) is 0 Å². The van der Waals surface area contributed by atoms with Crippen LogP contribution in [0, 0.1) is 0 Å². The van der Waals surface area contributed by atoms with Gasteiger partial charge in [-0.1, -0.05) is 0 Å². The predicted molar refractivity (Wildman–Crippen MR) is 28.1 cm³/mol. The zero-order valence-electron chi connectivity index (χ0n) is 3.72. The molecule has 0 saturated carbocycles. The Hall–Kier alpha value is 0.524. The maximum absolute atomic E-state index is 3.53. The quantitative estimate of drug-likeness (QED) is 0.419. The molecule has 0 aromatic carbocycles. The summed E-state index contributed by atoms with van der Waals surface area (Å²) in [5.41, 5.74) is 0. The molecule has 0 aromatic heterocycles. The van der Waals surface area contributed by atoms with Gasteiger partial charge in [0.2, 0.25) is 0 Å². The minimum Gasteiger partial charge on any atom is -0.147 e. The van der Waals surface area contributed by atoms with Crippen LogP contribution in [-0.2, 0) is 14.4 Å². The van der Waals surface area contributed by atoms with Gasteiger partial charge in [-0.25, -0.2) is 0 Å². The van der Waals surface area contributed by atoms with Crippen LogP contribution < -0.4 is 0 Å². The third-order valence-corrected chi connectivity index (χ3v) is 0.909. The summed E-state index contributed by atoms with van der Waals surface area (Å²) >= 11 is 1.64. The SMILES string of the molecule is C=C[CH2][Ni][CH3].Cl. The van der Waals surface area contributed by atoms with Gasteiger partial charge in [-0.3, -0.25) is 0 Å². The van der Waals surface area contributed by atoms with Crippen molar-refractivity contribution in [3.8, 4) is 0 Å². The molecule has 0 saturated heterocycles. The van der Waals surface area contributed by atoms with Crippen molar-refractivity contribution in [1.82, 2.24) is 0 Å². The Kier molecular flexibility index (Phi) is 14.8. The van der Waals surface area contributed by atoms with Crippen molar-refractivity contribution in [1.29, 1.82) is 0 Å². The summed E-state index contributed by atoms with van der Waals surface area (Å²) < 4.78 is 0. The molecule has 0 aliphatic carbocycles. The van der Waals surface area contributed by atoms with Crippen molar-refractivity contribution in [3.63, 3.8) is 0 Å². The van der Waals surface area contributed by atoms with Crippen LogP contribution in [0.5, 0.6) is 0 Å². The smallest absolute Gasteiger partial charge is 0.147 e. The van der Waals surface area contributed by atoms with Crippen LogP contribution in [0.3, 0.4) is 0 Å². The van der Waals surface area contributed by atoms with Gasteiger partial charge in [0, 0.05) is 0 Å². The van der Waals surface area contributed by atoms with E-state index < -0.39 is 0 Å². The van der Waals surface area contributed by atoms with Crippen molar-refractivity contribution in [2.24, 2.45) is 0 Å². The second-order valence-electron chi connectivity index (χ2n) is 0.641. The van der Waals surface area contributed by atoms with E-state index in [1.807, 2.05) is 6.08 Å². The van der Waals surface area contributed by atoms with E-state index >= 15 is 0 Å². The van der Waals surface area contributed by atoms with Crippen LogP contribution >= 0.6 is 12.4 Å². The fourth-order valence-corrected chi connectivity index (χ4v) is 0.376. The maximum Gasteiger partial charge on any atom is -0.147 e. The van der Waals surface area contributed by atoms with Crippen LogP contribution in [0.2, 0.25) is 11.3 Å². The number of hydrogen-bond acceptors (Lipinski definition) is 0. The van der Waals surface area contributed by atoms with Gasteiger partial charge in [0.25, 0.3) is 0 Å². The van der Waals surface area contributed by atoms with Gasteiger partial charge in [-0.05, 0) is 0 Å². The molecule has 0 rings (SSSR count). The largest absolute Gasteiger partial charge is 0.147 e. The van der Waals surface area contributed by atoms with Gasteiger partial charge in [0.05, 0.1) is 0 Å². The zero-order chi connectivity index (χ0) is 4.12. The Balaban J connectivity index is 0. The molecule has 0 aliphatic heterocycles. The van der Waals surface area contributed by atoms with Gasteiger partial charge in [0.1, 0.15) is 0 Å². The average molecular weight is 151 g/mol. The van der Waals surface area contributed by atoms with E-state index in [4.69, 9.17) is 0 Å². The predicted octanol–water partition coefficient (Wildman–Crippen LogP) is 2.14. The molecule has 0 bridgehead atoms. The van der Waals surface area contributed by atoms with E-state index in [1.165, 1.54) is 0 Å². The Morgan fingerprint density at radius 3 is 2.33 bits per heavy atom. The van der Waals surface area contributed by atoms with E-state index in [2.05, 4.69) is 12.5 Å². The summed E-state index contributed by atoms with van der Waals surface area (Å²) in [6, 6.07) is 0. The van der Waals surface area contributed by atoms with Crippen LogP contribution in [0.25, 0.3) is 0 Å². The van der Waals surface area contributed by atoms with Gasteiger partial charge < -0.3 is 0 Å². The molecule has 0 fully saturated rings. The molecular weight excluding hydrogens is 142 g/mol. The number of allylic oxidation sites excluding steroid dienone is 1. The minimum absolute atomic E-state index is 0. The molecule has 0 heterocycles. The Labute approximate surface area is 51.2 Å². The molecule has 0 N–H and O–H groups in total. The first-order valence-corrected chi connectivity index (χ1v) is 3.04. The fraction of sp³-hybridized carbons (Fsp3) is 0.500. The Bertz CT molecular complexity index is 28.7. The minimum atomic E-state index is 0. The summed E-state index contributed by atoms with van der Waals surface area (Å²) in [5.74, 6) is 2.08. The Morgan fingerprint density at radius 1 is 1.83 bits per heavy atom. The average Bonchev–Trinajstić information content (AvgIpc) is 1.41.